The minimum absolute atomic E-state index is 0.150. The number of amides is 1. The first-order chi connectivity index (χ1) is 15.3. The minimum Gasteiger partial charge on any atom is -0.480 e. The van der Waals surface area contributed by atoms with Crippen LogP contribution in [0.25, 0.3) is 0 Å². The molecule has 8 nitrogen and oxygen atoms in total. The van der Waals surface area contributed by atoms with Gasteiger partial charge in [0.05, 0.1) is 5.69 Å². The number of carboxylic acids is 1. The van der Waals surface area contributed by atoms with E-state index in [0.29, 0.717) is 6.42 Å². The highest BCUT2D eigenvalue weighted by Gasteiger charge is 2.44. The molecule has 3 rings (SSSR count). The van der Waals surface area contributed by atoms with Crippen molar-refractivity contribution in [2.24, 2.45) is 17.6 Å². The highest BCUT2D eigenvalue weighted by Crippen LogP contribution is 2.35. The lowest BCUT2D eigenvalue weighted by Gasteiger charge is -2.26. The molecule has 0 radical (unpaired) electrons. The molecule has 32 heavy (non-hydrogen) atoms. The van der Waals surface area contributed by atoms with Gasteiger partial charge in [-0.3, -0.25) is 29.8 Å². The molecule has 0 aliphatic carbocycles. The van der Waals surface area contributed by atoms with Crippen molar-refractivity contribution in [2.45, 2.75) is 19.6 Å². The molecule has 0 bridgehead atoms. The van der Waals surface area contributed by atoms with Crippen LogP contribution in [0.3, 0.4) is 0 Å². The number of carbonyl (C=O) groups excluding carboxylic acids is 3. The number of ketones is 1. The first kappa shape index (κ1) is 23.5. The van der Waals surface area contributed by atoms with Gasteiger partial charge in [-0.1, -0.05) is 54.2 Å². The van der Waals surface area contributed by atoms with Crippen molar-refractivity contribution >= 4 is 40.2 Å². The number of hydrogen-bond donors (Lipinski definition) is 2. The third-order valence-corrected chi connectivity index (χ3v) is 6.07. The molecule has 2 aromatic carbocycles. The van der Waals surface area contributed by atoms with Crippen LogP contribution in [-0.4, -0.2) is 46.4 Å². The van der Waals surface area contributed by atoms with Crippen molar-refractivity contribution in [3.05, 3.63) is 60.2 Å². The van der Waals surface area contributed by atoms with Crippen LogP contribution in [0, 0.1) is 11.8 Å². The quantitative estimate of drug-likeness (QED) is 0.578. The third kappa shape index (κ3) is 5.54. The van der Waals surface area contributed by atoms with Gasteiger partial charge in [-0.2, -0.15) is 0 Å². The molecular formula is C23H24N2O6S. The second kappa shape index (κ2) is 10.4. The van der Waals surface area contributed by atoms with Gasteiger partial charge in [-0.05, 0) is 24.1 Å². The number of para-hydroxylation sites is 2. The standard InChI is InChI=1S/C23H24N2O6S/c1-14(26)32-13-16(11-15-7-3-2-4-8-15)21(29)20-22(24)31-18-10-6-5-9-17(18)25(23(20)30)12-19(27)28/h2-10,16,20,22H,11-13,24H2,1H3,(H,27,28). The molecule has 0 saturated carbocycles. The fraction of sp³-hybridized carbons (Fsp3) is 0.304. The number of hydrogen-bond acceptors (Lipinski definition) is 7. The zero-order valence-electron chi connectivity index (χ0n) is 17.5. The molecule has 0 spiro atoms. The van der Waals surface area contributed by atoms with Crippen LogP contribution in [0.15, 0.2) is 54.6 Å². The highest BCUT2D eigenvalue weighted by molar-refractivity contribution is 8.13. The molecule has 3 N–H and O–H groups in total. The Balaban J connectivity index is 1.96. The predicted molar refractivity (Wildman–Crippen MR) is 120 cm³/mol. The maximum Gasteiger partial charge on any atom is 0.323 e. The van der Waals surface area contributed by atoms with Crippen LogP contribution in [-0.2, 0) is 25.6 Å². The number of Topliss-reactive ketones (excluding diaryl/α,β-unsaturated/α-hetero) is 1. The van der Waals surface area contributed by atoms with Crippen LogP contribution < -0.4 is 15.4 Å². The van der Waals surface area contributed by atoms with Gasteiger partial charge in [0.2, 0.25) is 5.91 Å². The molecule has 3 unspecified atom stereocenters. The van der Waals surface area contributed by atoms with Gasteiger partial charge in [-0.25, -0.2) is 0 Å². The Hall–Kier alpha value is -3.17. The van der Waals surface area contributed by atoms with Gasteiger partial charge in [0.25, 0.3) is 0 Å². The minimum atomic E-state index is -1.41. The van der Waals surface area contributed by atoms with Crippen LogP contribution in [0.1, 0.15) is 12.5 Å². The first-order valence-corrected chi connectivity index (χ1v) is 11.0. The van der Waals surface area contributed by atoms with E-state index >= 15 is 0 Å². The molecule has 0 aromatic heterocycles. The second-order valence-electron chi connectivity index (χ2n) is 7.44. The number of nitrogens with zero attached hydrogens (tertiary/aromatic N) is 1. The van der Waals surface area contributed by atoms with E-state index in [-0.39, 0.29) is 22.3 Å². The lowest BCUT2D eigenvalue weighted by atomic mass is 9.87. The zero-order chi connectivity index (χ0) is 23.3. The summed E-state index contributed by atoms with van der Waals surface area (Å²) in [6.07, 6.45) is -0.988. The van der Waals surface area contributed by atoms with Gasteiger partial charge in [0, 0.05) is 18.6 Å². The number of ether oxygens (including phenoxy) is 1. The smallest absolute Gasteiger partial charge is 0.323 e. The number of fused-ring (bicyclic) bond motifs is 1. The molecule has 9 heteroatoms. The highest BCUT2D eigenvalue weighted by atomic mass is 32.2. The van der Waals surface area contributed by atoms with E-state index in [0.717, 1.165) is 22.2 Å². The SMILES string of the molecule is CC(=O)SCC(Cc1ccccc1)C(=O)C1C(=O)N(CC(=O)O)c2ccccc2OC1N. The largest absolute Gasteiger partial charge is 0.480 e. The normalized spacial score (nSPS) is 18.8. The van der Waals surface area contributed by atoms with Crippen molar-refractivity contribution < 1.29 is 29.0 Å². The Morgan fingerprint density at radius 3 is 2.44 bits per heavy atom. The lowest BCUT2D eigenvalue weighted by molar-refractivity contribution is -0.141. The van der Waals surface area contributed by atoms with E-state index in [4.69, 9.17) is 10.5 Å². The van der Waals surface area contributed by atoms with Gasteiger partial charge in [-0.15, -0.1) is 0 Å². The summed E-state index contributed by atoms with van der Waals surface area (Å²) in [5, 5.41) is 9.20. The van der Waals surface area contributed by atoms with Crippen molar-refractivity contribution in [1.82, 2.24) is 0 Å². The Morgan fingerprint density at radius 2 is 1.78 bits per heavy atom. The average Bonchev–Trinajstić information content (AvgIpc) is 2.85. The molecule has 0 fully saturated rings. The zero-order valence-corrected chi connectivity index (χ0v) is 18.3. The number of rotatable bonds is 8. The maximum atomic E-state index is 13.6. The number of carboxylic acid groups (broad SMARTS) is 1. The lowest BCUT2D eigenvalue weighted by Crippen LogP contribution is -2.51. The van der Waals surface area contributed by atoms with E-state index in [2.05, 4.69) is 0 Å². The first-order valence-electron chi connectivity index (χ1n) is 10.0. The number of thioether (sulfide) groups is 1. The Kier molecular flexibility index (Phi) is 7.66. The Morgan fingerprint density at radius 1 is 1.12 bits per heavy atom. The number of nitrogens with two attached hydrogens (primary N) is 1. The van der Waals surface area contributed by atoms with Gasteiger partial charge in [0.15, 0.2) is 17.1 Å². The summed E-state index contributed by atoms with van der Waals surface area (Å²) < 4.78 is 5.73. The summed E-state index contributed by atoms with van der Waals surface area (Å²) in [7, 11) is 0. The van der Waals surface area contributed by atoms with E-state index in [9.17, 15) is 24.3 Å². The number of anilines is 1. The fourth-order valence-electron chi connectivity index (χ4n) is 3.62. The van der Waals surface area contributed by atoms with Gasteiger partial charge in [0.1, 0.15) is 18.2 Å². The number of benzene rings is 2. The molecular weight excluding hydrogens is 432 g/mol. The number of aliphatic carboxylic acids is 1. The summed E-state index contributed by atoms with van der Waals surface area (Å²) in [5.74, 6) is -4.16. The van der Waals surface area contributed by atoms with Crippen molar-refractivity contribution in [1.29, 1.82) is 0 Å². The van der Waals surface area contributed by atoms with Crippen LogP contribution in [0.4, 0.5) is 5.69 Å². The molecule has 1 heterocycles. The third-order valence-electron chi connectivity index (χ3n) is 5.09. The summed E-state index contributed by atoms with van der Waals surface area (Å²) >= 11 is 0.997. The topological polar surface area (TPSA) is 127 Å². The van der Waals surface area contributed by atoms with E-state index < -0.39 is 42.3 Å². The molecule has 0 saturated heterocycles. The predicted octanol–water partition coefficient (Wildman–Crippen LogP) is 2.11. The van der Waals surface area contributed by atoms with Crippen LogP contribution in [0.2, 0.25) is 0 Å². The molecule has 168 valence electrons. The van der Waals surface area contributed by atoms with Crippen LogP contribution >= 0.6 is 11.8 Å². The molecule has 1 amide bonds. The molecule has 1 aliphatic rings. The Labute approximate surface area is 189 Å². The monoisotopic (exact) mass is 456 g/mol. The van der Waals surface area contributed by atoms with Crippen molar-refractivity contribution in [3.8, 4) is 5.75 Å². The molecule has 2 aromatic rings. The molecule has 1 aliphatic heterocycles. The summed E-state index contributed by atoms with van der Waals surface area (Å²) in [5.41, 5.74) is 7.26. The van der Waals surface area contributed by atoms with Gasteiger partial charge >= 0.3 is 5.97 Å². The summed E-state index contributed by atoms with van der Waals surface area (Å²) in [4.78, 5) is 51.0. The number of carbonyl (C=O) groups is 4. The van der Waals surface area contributed by atoms with Gasteiger partial charge < -0.3 is 9.84 Å². The van der Waals surface area contributed by atoms with E-state index in [1.54, 1.807) is 24.3 Å². The maximum absolute atomic E-state index is 13.6. The van der Waals surface area contributed by atoms with Crippen molar-refractivity contribution in [3.63, 3.8) is 0 Å². The summed E-state index contributed by atoms with van der Waals surface area (Å²) in [6.45, 7) is 0.771. The Bertz CT molecular complexity index is 1010. The summed E-state index contributed by atoms with van der Waals surface area (Å²) in [6, 6.07) is 15.7. The van der Waals surface area contributed by atoms with Crippen molar-refractivity contribution in [2.75, 3.05) is 17.2 Å². The fourth-order valence-corrected chi connectivity index (χ4v) is 4.33. The van der Waals surface area contributed by atoms with E-state index in [1.807, 2.05) is 30.3 Å². The second-order valence-corrected chi connectivity index (χ2v) is 8.63. The van der Waals surface area contributed by atoms with Crippen LogP contribution in [0.5, 0.6) is 5.75 Å². The molecule has 3 atom stereocenters. The average molecular weight is 457 g/mol. The van der Waals surface area contributed by atoms with E-state index in [1.165, 1.54) is 6.92 Å².